The second kappa shape index (κ2) is 9.00. The van der Waals surface area contributed by atoms with E-state index in [0.717, 1.165) is 17.5 Å². The zero-order valence-corrected chi connectivity index (χ0v) is 18.7. The number of fused-ring (bicyclic) bond motifs is 1. The van der Waals surface area contributed by atoms with Gasteiger partial charge in [-0.3, -0.25) is 4.79 Å². The highest BCUT2D eigenvalue weighted by molar-refractivity contribution is 5.98. The highest BCUT2D eigenvalue weighted by Crippen LogP contribution is 2.36. The predicted octanol–water partition coefficient (Wildman–Crippen LogP) is 5.60. The second-order valence-corrected chi connectivity index (χ2v) is 8.87. The predicted molar refractivity (Wildman–Crippen MR) is 127 cm³/mol. The largest absolute Gasteiger partial charge is 0.423 e. The van der Waals surface area contributed by atoms with E-state index in [1.54, 1.807) is 36.4 Å². The molecule has 5 rings (SSSR count). The number of Topliss-reactive ketones (excluding diaryl/α,β-unsaturated/α-hetero) is 1. The number of aromatic nitrogens is 1. The van der Waals surface area contributed by atoms with Crippen molar-refractivity contribution in [1.82, 2.24) is 4.98 Å². The first kappa shape index (κ1) is 22.3. The van der Waals surface area contributed by atoms with Gasteiger partial charge in [-0.2, -0.15) is 4.98 Å². The van der Waals surface area contributed by atoms with E-state index in [1.165, 1.54) is 6.07 Å². The van der Waals surface area contributed by atoms with E-state index in [-0.39, 0.29) is 23.4 Å². The summed E-state index contributed by atoms with van der Waals surface area (Å²) in [6.07, 6.45) is 0.612. The van der Waals surface area contributed by atoms with Crippen molar-refractivity contribution in [3.63, 3.8) is 0 Å². The van der Waals surface area contributed by atoms with Crippen LogP contribution < -0.4 is 5.32 Å². The number of aliphatic hydroxyl groups excluding tert-OH is 1. The fraction of sp³-hybridized carbons (Fsp3) is 0.259. The summed E-state index contributed by atoms with van der Waals surface area (Å²) in [6, 6.07) is 17.7. The first-order valence-electron chi connectivity index (χ1n) is 11.3. The minimum Gasteiger partial charge on any atom is -0.423 e. The molecule has 1 heterocycles. The van der Waals surface area contributed by atoms with Gasteiger partial charge >= 0.3 is 0 Å². The Bertz CT molecular complexity index is 1350. The number of ketones is 1. The summed E-state index contributed by atoms with van der Waals surface area (Å²) in [5.74, 6) is -1.35. The average molecular weight is 461 g/mol. The first-order chi connectivity index (χ1) is 16.4. The van der Waals surface area contributed by atoms with Gasteiger partial charge in [-0.05, 0) is 60.7 Å². The first-order valence-corrected chi connectivity index (χ1v) is 11.3. The molecule has 174 valence electrons. The fourth-order valence-corrected chi connectivity index (χ4v) is 4.71. The number of nitrogens with one attached hydrogen (secondary N) is 1. The Labute approximate surface area is 196 Å². The third-order valence-corrected chi connectivity index (χ3v) is 6.55. The van der Waals surface area contributed by atoms with Crippen LogP contribution in [-0.2, 0) is 0 Å². The van der Waals surface area contributed by atoms with Crippen LogP contribution >= 0.6 is 0 Å². The lowest BCUT2D eigenvalue weighted by atomic mass is 9.87. The number of carbonyl (C=O) groups is 1. The Balaban J connectivity index is 1.32. The highest BCUT2D eigenvalue weighted by Gasteiger charge is 2.37. The molecular weight excluding hydrogens is 435 g/mol. The highest BCUT2D eigenvalue weighted by atomic mass is 19.1. The van der Waals surface area contributed by atoms with Crippen molar-refractivity contribution in [2.24, 2.45) is 11.8 Å². The number of aliphatic hydroxyl groups is 2. The number of hydrogen-bond donors (Lipinski definition) is 3. The van der Waals surface area contributed by atoms with Crippen molar-refractivity contribution < 1.29 is 23.8 Å². The molecule has 2 atom stereocenters. The van der Waals surface area contributed by atoms with Gasteiger partial charge < -0.3 is 19.9 Å². The molecule has 0 unspecified atom stereocenters. The molecule has 1 saturated carbocycles. The van der Waals surface area contributed by atoms with Crippen molar-refractivity contribution in [2.75, 3.05) is 5.32 Å². The maximum absolute atomic E-state index is 14.8. The summed E-state index contributed by atoms with van der Waals surface area (Å²) < 4.78 is 20.5. The number of hydrogen-bond acceptors (Lipinski definition) is 6. The van der Waals surface area contributed by atoms with E-state index in [4.69, 9.17) is 4.42 Å². The lowest BCUT2D eigenvalue weighted by molar-refractivity contribution is -0.0900. The maximum Gasteiger partial charge on any atom is 0.300 e. The van der Waals surface area contributed by atoms with Gasteiger partial charge in [0.2, 0.25) is 0 Å². The molecule has 0 aliphatic heterocycles. The summed E-state index contributed by atoms with van der Waals surface area (Å²) in [6.45, 7) is 1.97. The number of oxazole rings is 1. The van der Waals surface area contributed by atoms with E-state index < -0.39 is 18.0 Å². The summed E-state index contributed by atoms with van der Waals surface area (Å²) in [7, 11) is 0. The summed E-state index contributed by atoms with van der Waals surface area (Å²) in [4.78, 5) is 17.2. The third-order valence-electron chi connectivity index (χ3n) is 6.55. The Hall–Kier alpha value is -3.55. The Morgan fingerprint density at radius 1 is 1.06 bits per heavy atom. The standard InChI is InChI=1S/C27H25FN2O4/c1-15-5-12-24-23(13-15)30-27(34-24)29-22-11-10-18(14-21(22)28)16-6-8-17(9-7-16)25(31)19-3-2-4-20(19)26(32)33/h5-14,19-20,26,32-33H,2-4H2,1H3,(H,29,30)/t19-,20-/m1/s1. The molecular formula is C27H25FN2O4. The van der Waals surface area contributed by atoms with Crippen molar-refractivity contribution in [3.8, 4) is 11.1 Å². The van der Waals surface area contributed by atoms with E-state index in [1.807, 2.05) is 25.1 Å². The van der Waals surface area contributed by atoms with Crippen molar-refractivity contribution in [1.29, 1.82) is 0 Å². The van der Waals surface area contributed by atoms with Crippen LogP contribution in [0.5, 0.6) is 0 Å². The average Bonchev–Trinajstić information content (AvgIpc) is 3.47. The van der Waals surface area contributed by atoms with Crippen LogP contribution in [0.3, 0.4) is 0 Å². The third kappa shape index (κ3) is 4.32. The fourth-order valence-electron chi connectivity index (χ4n) is 4.71. The van der Waals surface area contributed by atoms with Crippen LogP contribution in [-0.4, -0.2) is 27.3 Å². The molecule has 0 saturated heterocycles. The van der Waals surface area contributed by atoms with Crippen LogP contribution in [0.15, 0.2) is 65.1 Å². The molecule has 7 heteroatoms. The molecule has 1 aliphatic rings. The summed E-state index contributed by atoms with van der Waals surface area (Å²) in [5.41, 5.74) is 4.58. The summed E-state index contributed by atoms with van der Waals surface area (Å²) >= 11 is 0. The van der Waals surface area contributed by atoms with E-state index in [9.17, 15) is 19.4 Å². The molecule has 34 heavy (non-hydrogen) atoms. The molecule has 0 bridgehead atoms. The number of nitrogens with zero attached hydrogens (tertiary/aromatic N) is 1. The molecule has 4 aromatic rings. The van der Waals surface area contributed by atoms with E-state index in [0.29, 0.717) is 35.1 Å². The van der Waals surface area contributed by atoms with Crippen molar-refractivity contribution >= 4 is 28.6 Å². The zero-order chi connectivity index (χ0) is 23.8. The minimum absolute atomic E-state index is 0.0820. The second-order valence-electron chi connectivity index (χ2n) is 8.87. The normalized spacial score (nSPS) is 18.0. The van der Waals surface area contributed by atoms with Gasteiger partial charge in [-0.1, -0.05) is 42.8 Å². The lowest BCUT2D eigenvalue weighted by Gasteiger charge is -2.20. The smallest absolute Gasteiger partial charge is 0.300 e. The number of aryl methyl sites for hydroxylation is 1. The maximum atomic E-state index is 14.8. The van der Waals surface area contributed by atoms with Gasteiger partial charge in [0.15, 0.2) is 17.7 Å². The molecule has 3 N–H and O–H groups in total. The molecule has 1 fully saturated rings. The van der Waals surface area contributed by atoms with E-state index >= 15 is 0 Å². The van der Waals surface area contributed by atoms with Gasteiger partial charge in [0, 0.05) is 17.4 Å². The van der Waals surface area contributed by atoms with Gasteiger partial charge in [0.1, 0.15) is 11.3 Å². The van der Waals surface area contributed by atoms with Gasteiger partial charge in [-0.15, -0.1) is 0 Å². The summed E-state index contributed by atoms with van der Waals surface area (Å²) in [5, 5.41) is 22.0. The van der Waals surface area contributed by atoms with Gasteiger partial charge in [0.05, 0.1) is 5.69 Å². The van der Waals surface area contributed by atoms with Crippen LogP contribution in [0, 0.1) is 24.6 Å². The monoisotopic (exact) mass is 460 g/mol. The topological polar surface area (TPSA) is 95.6 Å². The van der Waals surface area contributed by atoms with Crippen LogP contribution in [0.2, 0.25) is 0 Å². The van der Waals surface area contributed by atoms with Crippen LogP contribution in [0.25, 0.3) is 22.2 Å². The number of anilines is 2. The molecule has 6 nitrogen and oxygen atoms in total. The molecule has 1 aromatic heterocycles. The minimum atomic E-state index is -1.48. The van der Waals surface area contributed by atoms with Gasteiger partial charge in [-0.25, -0.2) is 4.39 Å². The number of benzene rings is 3. The van der Waals surface area contributed by atoms with E-state index in [2.05, 4.69) is 10.3 Å². The molecule has 3 aromatic carbocycles. The molecule has 0 spiro atoms. The van der Waals surface area contributed by atoms with Crippen molar-refractivity contribution in [3.05, 3.63) is 77.6 Å². The van der Waals surface area contributed by atoms with Crippen LogP contribution in [0.4, 0.5) is 16.1 Å². The Morgan fingerprint density at radius 2 is 1.82 bits per heavy atom. The molecule has 1 aliphatic carbocycles. The molecule has 0 radical (unpaired) electrons. The van der Waals surface area contributed by atoms with Gasteiger partial charge in [0.25, 0.3) is 6.01 Å². The zero-order valence-electron chi connectivity index (χ0n) is 18.7. The molecule has 0 amide bonds. The number of halogens is 1. The number of carbonyl (C=O) groups excluding carboxylic acids is 1. The Kier molecular flexibility index (Phi) is 5.89. The van der Waals surface area contributed by atoms with Crippen LogP contribution in [0.1, 0.15) is 35.2 Å². The van der Waals surface area contributed by atoms with Crippen molar-refractivity contribution in [2.45, 2.75) is 32.5 Å². The SMILES string of the molecule is Cc1ccc2oc(Nc3ccc(-c4ccc(C(=O)[C@@H]5CCC[C@H]5C(O)O)cc4)cc3F)nc2c1. The number of rotatable bonds is 6. The lowest BCUT2D eigenvalue weighted by Crippen LogP contribution is -2.28. The quantitative estimate of drug-likeness (QED) is 0.256. The Morgan fingerprint density at radius 3 is 2.56 bits per heavy atom.